The zero-order valence-corrected chi connectivity index (χ0v) is 10.1. The predicted octanol–water partition coefficient (Wildman–Crippen LogP) is 1.60. The van der Waals surface area contributed by atoms with E-state index in [0.717, 1.165) is 5.56 Å². The highest BCUT2D eigenvalue weighted by Crippen LogP contribution is 2.09. The van der Waals surface area contributed by atoms with Crippen LogP contribution in [-0.2, 0) is 0 Å². The third kappa shape index (κ3) is 1.84. The molecule has 0 unspecified atom stereocenters. The summed E-state index contributed by atoms with van der Waals surface area (Å²) in [5.74, 6) is 0. The Hall–Kier alpha value is -2.04. The minimum absolute atomic E-state index is 0.100. The second kappa shape index (κ2) is 4.08. The maximum Gasteiger partial charge on any atom is 0.366 e. The Morgan fingerprint density at radius 3 is 2.47 bits per heavy atom. The molecule has 90 valence electrons. The van der Waals surface area contributed by atoms with E-state index < -0.39 is 0 Å². The number of nitrogens with one attached hydrogen (secondary N) is 1. The van der Waals surface area contributed by atoms with Crippen molar-refractivity contribution in [1.82, 2.24) is 9.31 Å². The van der Waals surface area contributed by atoms with Crippen molar-refractivity contribution in [2.45, 2.75) is 26.8 Å². The molecule has 1 aromatic heterocycles. The van der Waals surface area contributed by atoms with Gasteiger partial charge in [0.2, 0.25) is 0 Å². The largest absolute Gasteiger partial charge is 0.366 e. The van der Waals surface area contributed by atoms with Gasteiger partial charge in [0.25, 0.3) is 0 Å². The van der Waals surface area contributed by atoms with Gasteiger partial charge in [-0.15, -0.1) is 4.74 Å². The molecular formula is C12H15N3O2. The molecule has 0 saturated heterocycles. The molecule has 0 atom stereocenters. The van der Waals surface area contributed by atoms with Gasteiger partial charge < -0.3 is 4.52 Å². The normalized spacial score (nSPS) is 11.1. The summed E-state index contributed by atoms with van der Waals surface area (Å²) >= 11 is 0. The molecule has 1 aromatic carbocycles. The van der Waals surface area contributed by atoms with E-state index in [1.807, 2.05) is 39.0 Å². The average molecular weight is 233 g/mol. The van der Waals surface area contributed by atoms with Crippen LogP contribution in [0.3, 0.4) is 0 Å². The van der Waals surface area contributed by atoms with Gasteiger partial charge in [-0.25, -0.2) is 14.8 Å². The summed E-state index contributed by atoms with van der Waals surface area (Å²) in [6.07, 6.45) is 0. The maximum atomic E-state index is 12.1. The number of para-hydroxylation sites is 1. The van der Waals surface area contributed by atoms with Crippen molar-refractivity contribution in [3.05, 3.63) is 46.0 Å². The number of benzene rings is 1. The molecule has 0 aliphatic rings. The van der Waals surface area contributed by atoms with E-state index >= 15 is 0 Å². The van der Waals surface area contributed by atoms with Crippen LogP contribution in [-0.4, -0.2) is 9.31 Å². The van der Waals surface area contributed by atoms with E-state index in [2.05, 4.69) is 0 Å². The molecule has 0 spiro atoms. The second-order valence-electron chi connectivity index (χ2n) is 4.22. The topological polar surface area (TPSA) is 63.9 Å². The molecule has 0 bridgehead atoms. The molecular weight excluding hydrogens is 218 g/mol. The van der Waals surface area contributed by atoms with E-state index in [-0.39, 0.29) is 17.4 Å². The van der Waals surface area contributed by atoms with Gasteiger partial charge in [0.1, 0.15) is 0 Å². The first-order valence-corrected chi connectivity index (χ1v) is 5.48. The van der Waals surface area contributed by atoms with Gasteiger partial charge >= 0.3 is 11.4 Å². The minimum Gasteiger partial charge on any atom is -0.335 e. The fraction of sp³-hybridized carbons (Fsp3) is 0.333. The van der Waals surface area contributed by atoms with Crippen molar-refractivity contribution in [1.29, 1.82) is 5.41 Å². The van der Waals surface area contributed by atoms with Crippen LogP contribution < -0.4 is 11.4 Å². The lowest BCUT2D eigenvalue weighted by Gasteiger charge is -2.03. The molecule has 2 aromatic rings. The summed E-state index contributed by atoms with van der Waals surface area (Å²) in [7, 11) is 0. The smallest absolute Gasteiger partial charge is 0.335 e. The van der Waals surface area contributed by atoms with Gasteiger partial charge in [0.15, 0.2) is 0 Å². The van der Waals surface area contributed by atoms with E-state index in [1.165, 1.54) is 9.31 Å². The fourth-order valence-electron chi connectivity index (χ4n) is 1.71. The first-order valence-electron chi connectivity index (χ1n) is 5.48. The summed E-state index contributed by atoms with van der Waals surface area (Å²) < 4.78 is 7.63. The number of aryl methyl sites for hydroxylation is 1. The lowest BCUT2D eigenvalue weighted by atomic mass is 10.2. The third-order valence-corrected chi connectivity index (χ3v) is 2.59. The van der Waals surface area contributed by atoms with E-state index in [4.69, 9.17) is 9.93 Å². The number of nitrogens with zero attached hydrogens (tertiary/aromatic N) is 2. The second-order valence-corrected chi connectivity index (χ2v) is 4.22. The average Bonchev–Trinajstić information content (AvgIpc) is 2.56. The molecule has 5 nitrogen and oxygen atoms in total. The van der Waals surface area contributed by atoms with Crippen LogP contribution in [0.1, 0.15) is 25.5 Å². The van der Waals surface area contributed by atoms with Crippen LogP contribution in [0.2, 0.25) is 0 Å². The zero-order chi connectivity index (χ0) is 12.6. The van der Waals surface area contributed by atoms with E-state index in [0.29, 0.717) is 5.69 Å². The van der Waals surface area contributed by atoms with E-state index in [1.54, 1.807) is 6.07 Å². The molecule has 5 heteroatoms. The maximum absolute atomic E-state index is 12.1. The summed E-state index contributed by atoms with van der Waals surface area (Å²) in [5.41, 5.74) is 1.14. The van der Waals surface area contributed by atoms with Crippen molar-refractivity contribution >= 4 is 0 Å². The number of hydrogen-bond acceptors (Lipinski definition) is 3. The Bertz CT molecular complexity index is 646. The molecule has 1 heterocycles. The summed E-state index contributed by atoms with van der Waals surface area (Å²) in [5, 5.41) is 7.74. The Labute approximate surface area is 98.4 Å². The lowest BCUT2D eigenvalue weighted by Crippen LogP contribution is -2.28. The first-order chi connectivity index (χ1) is 8.02. The third-order valence-electron chi connectivity index (χ3n) is 2.59. The highest BCUT2D eigenvalue weighted by atomic mass is 16.5. The minimum atomic E-state index is -0.320. The van der Waals surface area contributed by atoms with Crippen LogP contribution in [0.5, 0.6) is 0 Å². The summed E-state index contributed by atoms with van der Waals surface area (Å²) in [4.78, 5) is 12.1. The Morgan fingerprint density at radius 2 is 1.94 bits per heavy atom. The van der Waals surface area contributed by atoms with Gasteiger partial charge in [-0.05, 0) is 32.4 Å². The Balaban J connectivity index is 2.74. The molecule has 17 heavy (non-hydrogen) atoms. The molecule has 0 amide bonds. The van der Waals surface area contributed by atoms with Crippen molar-refractivity contribution in [2.75, 3.05) is 0 Å². The van der Waals surface area contributed by atoms with Gasteiger partial charge in [-0.3, -0.25) is 0 Å². The lowest BCUT2D eigenvalue weighted by molar-refractivity contribution is 0.208. The van der Waals surface area contributed by atoms with Gasteiger partial charge in [-0.2, -0.15) is 0 Å². The highest BCUT2D eigenvalue weighted by molar-refractivity contribution is 5.39. The summed E-state index contributed by atoms with van der Waals surface area (Å²) in [6.45, 7) is 5.58. The van der Waals surface area contributed by atoms with Gasteiger partial charge in [0.05, 0.1) is 11.7 Å². The number of rotatable bonds is 2. The quantitative estimate of drug-likeness (QED) is 0.856. The zero-order valence-electron chi connectivity index (χ0n) is 10.1. The van der Waals surface area contributed by atoms with Crippen LogP contribution in [0.15, 0.2) is 33.6 Å². The SMILES string of the molecule is Cc1ccccc1-n1c(=N)on(C(C)C)c1=O. The first kappa shape index (κ1) is 11.4. The van der Waals surface area contributed by atoms with Gasteiger partial charge in [-0.1, -0.05) is 18.2 Å². The highest BCUT2D eigenvalue weighted by Gasteiger charge is 2.14. The van der Waals surface area contributed by atoms with Crippen LogP contribution in [0.4, 0.5) is 0 Å². The Kier molecular flexibility index (Phi) is 2.75. The number of hydrogen-bond donors (Lipinski definition) is 1. The van der Waals surface area contributed by atoms with Crippen molar-refractivity contribution in [3.63, 3.8) is 0 Å². The fourth-order valence-corrected chi connectivity index (χ4v) is 1.71. The van der Waals surface area contributed by atoms with Gasteiger partial charge in [0, 0.05) is 0 Å². The van der Waals surface area contributed by atoms with Crippen molar-refractivity contribution in [2.24, 2.45) is 0 Å². The predicted molar refractivity (Wildman–Crippen MR) is 63.3 cm³/mol. The molecule has 0 aliphatic heterocycles. The molecule has 0 aliphatic carbocycles. The molecule has 0 fully saturated rings. The monoisotopic (exact) mass is 233 g/mol. The van der Waals surface area contributed by atoms with Crippen LogP contribution >= 0.6 is 0 Å². The molecule has 0 radical (unpaired) electrons. The van der Waals surface area contributed by atoms with Crippen molar-refractivity contribution in [3.8, 4) is 5.69 Å². The molecule has 2 rings (SSSR count). The molecule has 0 saturated carbocycles. The van der Waals surface area contributed by atoms with Crippen LogP contribution in [0, 0.1) is 12.3 Å². The number of aromatic nitrogens is 2. The van der Waals surface area contributed by atoms with E-state index in [9.17, 15) is 4.79 Å². The van der Waals surface area contributed by atoms with Crippen molar-refractivity contribution < 1.29 is 4.52 Å². The van der Waals surface area contributed by atoms with Crippen LogP contribution in [0.25, 0.3) is 5.69 Å². The standard InChI is InChI=1S/C12H15N3O2/c1-8(2)15-12(16)14(11(13)17-15)10-7-5-4-6-9(10)3/h4-8,13H,1-3H3. The summed E-state index contributed by atoms with van der Waals surface area (Å²) in [6, 6.07) is 7.32. The Morgan fingerprint density at radius 1 is 1.29 bits per heavy atom. The molecule has 1 N–H and O–H groups in total.